The van der Waals surface area contributed by atoms with Gasteiger partial charge in [0.2, 0.25) is 0 Å². The van der Waals surface area contributed by atoms with Gasteiger partial charge in [0.25, 0.3) is 0 Å². The summed E-state index contributed by atoms with van der Waals surface area (Å²) in [5.74, 6) is 0. The van der Waals surface area contributed by atoms with Crippen molar-refractivity contribution >= 4 is 0 Å². The van der Waals surface area contributed by atoms with Crippen LogP contribution in [0.4, 0.5) is 0 Å². The lowest BCUT2D eigenvalue weighted by atomic mass is 10.3. The predicted octanol–water partition coefficient (Wildman–Crippen LogP) is 0.181. The van der Waals surface area contributed by atoms with Crippen LogP contribution in [0.1, 0.15) is 6.42 Å². The molecule has 1 fully saturated rings. The molecule has 0 bridgehead atoms. The molecule has 0 aromatic rings. The van der Waals surface area contributed by atoms with Crippen LogP contribution in [0.5, 0.6) is 0 Å². The molecule has 0 aliphatic carbocycles. The van der Waals surface area contributed by atoms with Crippen LogP contribution in [0, 0.1) is 0 Å². The van der Waals surface area contributed by atoms with Crippen LogP contribution in [-0.2, 0) is 4.74 Å². The first-order chi connectivity index (χ1) is 5.34. The van der Waals surface area contributed by atoms with E-state index in [-0.39, 0.29) is 0 Å². The molecule has 1 rings (SSSR count). The van der Waals surface area contributed by atoms with Gasteiger partial charge in [-0.3, -0.25) is 0 Å². The summed E-state index contributed by atoms with van der Waals surface area (Å²) < 4.78 is 5.21. The van der Waals surface area contributed by atoms with E-state index in [2.05, 4.69) is 11.5 Å². The highest BCUT2D eigenvalue weighted by Gasteiger charge is 2.10. The van der Waals surface area contributed by atoms with Gasteiger partial charge in [-0.25, -0.2) is 0 Å². The van der Waals surface area contributed by atoms with Crippen molar-refractivity contribution in [2.24, 2.45) is 5.73 Å². The van der Waals surface area contributed by atoms with Gasteiger partial charge in [0.15, 0.2) is 0 Å². The highest BCUT2D eigenvalue weighted by Crippen LogP contribution is 2.07. The summed E-state index contributed by atoms with van der Waals surface area (Å²) in [7, 11) is 0. The second kappa shape index (κ2) is 4.36. The van der Waals surface area contributed by atoms with Crippen molar-refractivity contribution in [2.45, 2.75) is 6.42 Å². The van der Waals surface area contributed by atoms with Crippen molar-refractivity contribution < 1.29 is 4.74 Å². The summed E-state index contributed by atoms with van der Waals surface area (Å²) in [5, 5.41) is 0. The second-order valence-electron chi connectivity index (χ2n) is 2.70. The molecule has 3 nitrogen and oxygen atoms in total. The summed E-state index contributed by atoms with van der Waals surface area (Å²) in [6.45, 7) is 8.24. The average molecular weight is 156 g/mol. The first kappa shape index (κ1) is 8.56. The Balaban J connectivity index is 2.27. The van der Waals surface area contributed by atoms with Gasteiger partial charge in [-0.05, 0) is 13.0 Å². The molecule has 0 radical (unpaired) electrons. The monoisotopic (exact) mass is 156 g/mol. The van der Waals surface area contributed by atoms with Gasteiger partial charge >= 0.3 is 0 Å². The Morgan fingerprint density at radius 3 is 2.64 bits per heavy atom. The van der Waals surface area contributed by atoms with Crippen LogP contribution < -0.4 is 5.73 Å². The molecular formula is C8H16N2O. The molecule has 64 valence electrons. The standard InChI is InChI=1S/C8H16N2O/c1-8(2-3-9)10-4-6-11-7-5-10/h1-7,9H2. The van der Waals surface area contributed by atoms with Gasteiger partial charge in [0, 0.05) is 18.8 Å². The minimum Gasteiger partial charge on any atom is -0.378 e. The van der Waals surface area contributed by atoms with Gasteiger partial charge in [0.1, 0.15) is 0 Å². The maximum Gasteiger partial charge on any atom is 0.0642 e. The Labute approximate surface area is 67.8 Å². The Kier molecular flexibility index (Phi) is 3.39. The van der Waals surface area contributed by atoms with E-state index < -0.39 is 0 Å². The lowest BCUT2D eigenvalue weighted by molar-refractivity contribution is 0.0525. The number of nitrogens with two attached hydrogens (primary N) is 1. The lowest BCUT2D eigenvalue weighted by Crippen LogP contribution is -2.35. The van der Waals surface area contributed by atoms with Crippen LogP contribution in [0.15, 0.2) is 12.3 Å². The SMILES string of the molecule is C=C(CCN)N1CCOCC1. The fourth-order valence-electron chi connectivity index (χ4n) is 1.20. The highest BCUT2D eigenvalue weighted by molar-refractivity contribution is 4.94. The van der Waals surface area contributed by atoms with E-state index in [1.165, 1.54) is 0 Å². The second-order valence-corrected chi connectivity index (χ2v) is 2.70. The van der Waals surface area contributed by atoms with Crippen LogP contribution in [0.2, 0.25) is 0 Å². The van der Waals surface area contributed by atoms with Crippen LogP contribution in [0.3, 0.4) is 0 Å². The molecule has 11 heavy (non-hydrogen) atoms. The smallest absolute Gasteiger partial charge is 0.0642 e. The van der Waals surface area contributed by atoms with Crippen molar-refractivity contribution in [3.63, 3.8) is 0 Å². The number of hydrogen-bond donors (Lipinski definition) is 1. The molecular weight excluding hydrogens is 140 g/mol. The summed E-state index contributed by atoms with van der Waals surface area (Å²) in [6.07, 6.45) is 0.903. The van der Waals surface area contributed by atoms with Gasteiger partial charge in [-0.1, -0.05) is 6.58 Å². The maximum absolute atomic E-state index is 5.42. The van der Waals surface area contributed by atoms with Crippen molar-refractivity contribution in [1.29, 1.82) is 0 Å². The molecule has 0 aromatic heterocycles. The Bertz CT molecular complexity index is 130. The zero-order valence-electron chi connectivity index (χ0n) is 6.88. The molecule has 1 saturated heterocycles. The molecule has 0 unspecified atom stereocenters. The number of rotatable bonds is 3. The van der Waals surface area contributed by atoms with E-state index in [1.807, 2.05) is 0 Å². The first-order valence-corrected chi connectivity index (χ1v) is 4.05. The average Bonchev–Trinajstić information content (AvgIpc) is 2.07. The van der Waals surface area contributed by atoms with E-state index >= 15 is 0 Å². The zero-order chi connectivity index (χ0) is 8.10. The highest BCUT2D eigenvalue weighted by atomic mass is 16.5. The van der Waals surface area contributed by atoms with Gasteiger partial charge in [0.05, 0.1) is 13.2 Å². The lowest BCUT2D eigenvalue weighted by Gasteiger charge is -2.30. The number of hydrogen-bond acceptors (Lipinski definition) is 3. The number of morpholine rings is 1. The van der Waals surface area contributed by atoms with Gasteiger partial charge in [-0.2, -0.15) is 0 Å². The first-order valence-electron chi connectivity index (χ1n) is 4.05. The van der Waals surface area contributed by atoms with Crippen LogP contribution in [0.25, 0.3) is 0 Å². The molecule has 0 spiro atoms. The molecule has 0 atom stereocenters. The van der Waals surface area contributed by atoms with E-state index in [1.54, 1.807) is 0 Å². The van der Waals surface area contributed by atoms with E-state index in [0.29, 0.717) is 6.54 Å². The van der Waals surface area contributed by atoms with Crippen molar-refractivity contribution in [3.8, 4) is 0 Å². The molecule has 1 aliphatic rings. The molecule has 0 amide bonds. The largest absolute Gasteiger partial charge is 0.378 e. The summed E-state index contributed by atoms with van der Waals surface area (Å²) in [6, 6.07) is 0. The fraction of sp³-hybridized carbons (Fsp3) is 0.750. The van der Waals surface area contributed by atoms with Crippen molar-refractivity contribution in [3.05, 3.63) is 12.3 Å². The van der Waals surface area contributed by atoms with Crippen LogP contribution in [-0.4, -0.2) is 37.7 Å². The third-order valence-corrected chi connectivity index (χ3v) is 1.89. The summed E-state index contributed by atoms with van der Waals surface area (Å²) in [4.78, 5) is 2.25. The minimum absolute atomic E-state index is 0.691. The molecule has 0 aromatic carbocycles. The predicted molar refractivity (Wildman–Crippen MR) is 45.2 cm³/mol. The quantitative estimate of drug-likeness (QED) is 0.633. The Morgan fingerprint density at radius 1 is 1.45 bits per heavy atom. The summed E-state index contributed by atoms with van der Waals surface area (Å²) >= 11 is 0. The summed E-state index contributed by atoms with van der Waals surface area (Å²) in [5.41, 5.74) is 6.57. The Morgan fingerprint density at radius 2 is 2.09 bits per heavy atom. The van der Waals surface area contributed by atoms with E-state index in [0.717, 1.165) is 38.4 Å². The third kappa shape index (κ3) is 2.52. The normalized spacial score (nSPS) is 18.5. The van der Waals surface area contributed by atoms with Crippen molar-refractivity contribution in [1.82, 2.24) is 4.90 Å². The molecule has 0 saturated carbocycles. The third-order valence-electron chi connectivity index (χ3n) is 1.89. The molecule has 1 heterocycles. The van der Waals surface area contributed by atoms with Crippen molar-refractivity contribution in [2.75, 3.05) is 32.8 Å². The van der Waals surface area contributed by atoms with E-state index in [9.17, 15) is 0 Å². The molecule has 2 N–H and O–H groups in total. The number of nitrogens with zero attached hydrogens (tertiary/aromatic N) is 1. The Hall–Kier alpha value is -0.540. The number of ether oxygens (including phenoxy) is 1. The zero-order valence-corrected chi connectivity index (χ0v) is 6.88. The van der Waals surface area contributed by atoms with E-state index in [4.69, 9.17) is 10.5 Å². The van der Waals surface area contributed by atoms with Crippen LogP contribution >= 0.6 is 0 Å². The maximum atomic E-state index is 5.42. The minimum atomic E-state index is 0.691. The topological polar surface area (TPSA) is 38.5 Å². The molecule has 3 heteroatoms. The van der Waals surface area contributed by atoms with Gasteiger partial charge in [-0.15, -0.1) is 0 Å². The fourth-order valence-corrected chi connectivity index (χ4v) is 1.20. The van der Waals surface area contributed by atoms with Gasteiger partial charge < -0.3 is 15.4 Å². The molecule has 1 aliphatic heterocycles.